The molecule has 0 aliphatic rings. The zero-order valence-electron chi connectivity index (χ0n) is 22.7. The van der Waals surface area contributed by atoms with Crippen LogP contribution in [0, 0.1) is 0 Å². The summed E-state index contributed by atoms with van der Waals surface area (Å²) in [7, 11) is 0. The number of hydrogen-bond acceptors (Lipinski definition) is 5. The number of carbonyl (C=O) groups excluding carboxylic acids is 3. The number of benzene rings is 4. The van der Waals surface area contributed by atoms with Crippen molar-refractivity contribution in [3.05, 3.63) is 155 Å². The van der Waals surface area contributed by atoms with E-state index in [-0.39, 0.29) is 11.6 Å². The number of anilines is 2. The Hall–Kier alpha value is -5.05. The van der Waals surface area contributed by atoms with Crippen molar-refractivity contribution in [3.8, 4) is 0 Å². The summed E-state index contributed by atoms with van der Waals surface area (Å²) in [5.74, 6) is -0.823. The third-order valence-corrected chi connectivity index (χ3v) is 7.75. The first kappa shape index (κ1) is 29.4. The van der Waals surface area contributed by atoms with Crippen LogP contribution in [-0.2, 0) is 9.59 Å². The van der Waals surface area contributed by atoms with Gasteiger partial charge in [-0.2, -0.15) is 0 Å². The number of amides is 3. The summed E-state index contributed by atoms with van der Waals surface area (Å²) in [6.07, 6.45) is 2.94. The molecule has 3 amide bonds. The molecule has 5 rings (SSSR count). The fourth-order valence-corrected chi connectivity index (χ4v) is 5.37. The first-order valence-corrected chi connectivity index (χ1v) is 14.5. The van der Waals surface area contributed by atoms with Gasteiger partial charge < -0.3 is 20.4 Å². The lowest BCUT2D eigenvalue weighted by Crippen LogP contribution is -2.30. The zero-order valence-corrected chi connectivity index (χ0v) is 24.3. The molecule has 0 aliphatic heterocycles. The van der Waals surface area contributed by atoms with Crippen LogP contribution in [0.2, 0.25) is 5.02 Å². The van der Waals surface area contributed by atoms with Gasteiger partial charge in [-0.25, -0.2) is 0 Å². The second kappa shape index (κ2) is 14.2. The highest BCUT2D eigenvalue weighted by Crippen LogP contribution is 2.37. The van der Waals surface area contributed by atoms with Crippen molar-refractivity contribution >= 4 is 58.5 Å². The number of hydrogen-bond donors (Lipinski definition) is 3. The number of carbonyl (C=O) groups is 3. The summed E-state index contributed by atoms with van der Waals surface area (Å²) >= 11 is 7.62. The summed E-state index contributed by atoms with van der Waals surface area (Å²) in [5.41, 5.74) is 2.21. The van der Waals surface area contributed by atoms with Crippen LogP contribution < -0.4 is 16.0 Å². The number of rotatable bonds is 10. The smallest absolute Gasteiger partial charge is 0.272 e. The van der Waals surface area contributed by atoms with Gasteiger partial charge in [0.25, 0.3) is 11.8 Å². The zero-order chi connectivity index (χ0) is 30.0. The summed E-state index contributed by atoms with van der Waals surface area (Å²) in [4.78, 5) is 40.5. The topological polar surface area (TPSA) is 100 Å². The predicted molar refractivity (Wildman–Crippen MR) is 171 cm³/mol. The first-order valence-electron chi connectivity index (χ1n) is 13.3. The standard InChI is InChI=1S/C34H26ClN3O4S/c35-28-18-7-8-19-29(28)37-34(41)31(23-11-3-1-4-12-23)43-27-17-9-15-25(21-27)36-33(40)30(22-26-16-10-20-42-26)38-32(39)24-13-5-2-6-14-24/h1-22,31H,(H,36,40)(H,37,41)(H,38,39)/b30-22-. The minimum absolute atomic E-state index is 0.00291. The highest BCUT2D eigenvalue weighted by atomic mass is 35.5. The molecule has 0 radical (unpaired) electrons. The molecular formula is C34H26ClN3O4S. The monoisotopic (exact) mass is 607 g/mol. The molecule has 4 aromatic carbocycles. The van der Waals surface area contributed by atoms with E-state index in [1.165, 1.54) is 24.1 Å². The molecular weight excluding hydrogens is 582 g/mol. The predicted octanol–water partition coefficient (Wildman–Crippen LogP) is 7.81. The molecule has 214 valence electrons. The summed E-state index contributed by atoms with van der Waals surface area (Å²) < 4.78 is 5.37. The van der Waals surface area contributed by atoms with E-state index in [2.05, 4.69) is 16.0 Å². The van der Waals surface area contributed by atoms with Gasteiger partial charge in [-0.15, -0.1) is 11.8 Å². The van der Waals surface area contributed by atoms with Crippen LogP contribution in [0.15, 0.2) is 143 Å². The normalized spacial score (nSPS) is 11.8. The molecule has 0 saturated carbocycles. The average molecular weight is 608 g/mol. The van der Waals surface area contributed by atoms with Gasteiger partial charge >= 0.3 is 0 Å². The number of thioether (sulfide) groups is 1. The van der Waals surface area contributed by atoms with E-state index in [0.29, 0.717) is 27.7 Å². The highest BCUT2D eigenvalue weighted by molar-refractivity contribution is 8.00. The molecule has 9 heteroatoms. The number of halogens is 1. The molecule has 0 fully saturated rings. The third kappa shape index (κ3) is 8.03. The number of furan rings is 1. The molecule has 7 nitrogen and oxygen atoms in total. The van der Waals surface area contributed by atoms with Crippen molar-refractivity contribution in [1.82, 2.24) is 5.32 Å². The minimum atomic E-state index is -0.608. The van der Waals surface area contributed by atoms with E-state index in [9.17, 15) is 14.4 Å². The van der Waals surface area contributed by atoms with Crippen LogP contribution in [0.3, 0.4) is 0 Å². The summed E-state index contributed by atoms with van der Waals surface area (Å²) in [6.45, 7) is 0. The Morgan fingerprint density at radius 3 is 2.21 bits per heavy atom. The quantitative estimate of drug-likeness (QED) is 0.111. The highest BCUT2D eigenvalue weighted by Gasteiger charge is 2.23. The molecule has 0 spiro atoms. The Morgan fingerprint density at radius 1 is 0.767 bits per heavy atom. The van der Waals surface area contributed by atoms with Gasteiger partial charge in [0.15, 0.2) is 0 Å². The Bertz CT molecular complexity index is 1740. The van der Waals surface area contributed by atoms with Crippen LogP contribution >= 0.6 is 23.4 Å². The van der Waals surface area contributed by atoms with Gasteiger partial charge in [-0.05, 0) is 60.2 Å². The van der Waals surface area contributed by atoms with Gasteiger partial charge in [0.2, 0.25) is 5.91 Å². The van der Waals surface area contributed by atoms with E-state index in [1.807, 2.05) is 36.4 Å². The fraction of sp³-hybridized carbons (Fsp3) is 0.0294. The lowest BCUT2D eigenvalue weighted by atomic mass is 10.1. The van der Waals surface area contributed by atoms with Crippen molar-refractivity contribution in [2.45, 2.75) is 10.1 Å². The summed E-state index contributed by atoms with van der Waals surface area (Å²) in [5, 5.41) is 8.29. The molecule has 0 saturated heterocycles. The van der Waals surface area contributed by atoms with Gasteiger partial charge in [0.05, 0.1) is 17.0 Å². The van der Waals surface area contributed by atoms with E-state index >= 15 is 0 Å². The van der Waals surface area contributed by atoms with Crippen LogP contribution in [0.1, 0.15) is 26.9 Å². The maximum atomic E-state index is 13.5. The van der Waals surface area contributed by atoms with Crippen molar-refractivity contribution < 1.29 is 18.8 Å². The van der Waals surface area contributed by atoms with Crippen LogP contribution in [0.25, 0.3) is 6.08 Å². The lowest BCUT2D eigenvalue weighted by molar-refractivity contribution is -0.116. The molecule has 1 atom stereocenters. The Morgan fingerprint density at radius 2 is 1.49 bits per heavy atom. The van der Waals surface area contributed by atoms with Crippen molar-refractivity contribution in [1.29, 1.82) is 0 Å². The molecule has 1 heterocycles. The van der Waals surface area contributed by atoms with Crippen molar-refractivity contribution in [3.63, 3.8) is 0 Å². The molecule has 5 aromatic rings. The molecule has 0 aliphatic carbocycles. The maximum absolute atomic E-state index is 13.5. The Labute approximate surface area is 258 Å². The van der Waals surface area contributed by atoms with E-state index < -0.39 is 17.1 Å². The second-order valence-electron chi connectivity index (χ2n) is 9.25. The first-order chi connectivity index (χ1) is 21.0. The van der Waals surface area contributed by atoms with Gasteiger partial charge in [-0.3, -0.25) is 14.4 Å². The average Bonchev–Trinajstić information content (AvgIpc) is 3.55. The molecule has 0 bridgehead atoms. The van der Waals surface area contributed by atoms with Crippen LogP contribution in [0.5, 0.6) is 0 Å². The van der Waals surface area contributed by atoms with Gasteiger partial charge in [-0.1, -0.05) is 78.3 Å². The van der Waals surface area contributed by atoms with Crippen LogP contribution in [-0.4, -0.2) is 17.7 Å². The van der Waals surface area contributed by atoms with Crippen molar-refractivity contribution in [2.75, 3.05) is 10.6 Å². The Kier molecular flexibility index (Phi) is 9.74. The van der Waals surface area contributed by atoms with E-state index in [0.717, 1.165) is 10.5 Å². The van der Waals surface area contributed by atoms with Gasteiger partial charge in [0.1, 0.15) is 16.7 Å². The molecule has 1 unspecified atom stereocenters. The second-order valence-corrected chi connectivity index (χ2v) is 10.8. The number of nitrogens with one attached hydrogen (secondary N) is 3. The minimum Gasteiger partial charge on any atom is -0.465 e. The van der Waals surface area contributed by atoms with Gasteiger partial charge in [0, 0.05) is 22.2 Å². The number of para-hydroxylation sites is 1. The van der Waals surface area contributed by atoms with Crippen LogP contribution in [0.4, 0.5) is 11.4 Å². The fourth-order valence-electron chi connectivity index (χ4n) is 4.10. The lowest BCUT2D eigenvalue weighted by Gasteiger charge is -2.18. The maximum Gasteiger partial charge on any atom is 0.272 e. The van der Waals surface area contributed by atoms with E-state index in [4.69, 9.17) is 16.0 Å². The largest absolute Gasteiger partial charge is 0.465 e. The van der Waals surface area contributed by atoms with E-state index in [1.54, 1.807) is 84.9 Å². The molecule has 1 aromatic heterocycles. The molecule has 43 heavy (non-hydrogen) atoms. The third-order valence-electron chi connectivity index (χ3n) is 6.18. The summed E-state index contributed by atoms with van der Waals surface area (Å²) in [6, 6.07) is 35.6. The Balaban J connectivity index is 1.36. The molecule has 3 N–H and O–H groups in total. The van der Waals surface area contributed by atoms with Crippen molar-refractivity contribution in [2.24, 2.45) is 0 Å². The SMILES string of the molecule is O=C(Nc1cccc(SC(C(=O)Nc2ccccc2Cl)c2ccccc2)c1)/C(=C/c1ccco1)NC(=O)c1ccccc1.